The van der Waals surface area contributed by atoms with Gasteiger partial charge in [0.15, 0.2) is 5.96 Å². The second-order valence-corrected chi connectivity index (χ2v) is 6.23. The fraction of sp³-hybridized carbons (Fsp3) is 0.533. The van der Waals surface area contributed by atoms with Crippen molar-refractivity contribution in [2.24, 2.45) is 4.99 Å². The molecule has 1 fully saturated rings. The molecule has 0 saturated carbocycles. The van der Waals surface area contributed by atoms with Gasteiger partial charge < -0.3 is 15.4 Å². The minimum Gasteiger partial charge on any atom is -0.434 e. The molecule has 2 N–H and O–H groups in total. The van der Waals surface area contributed by atoms with Crippen LogP contribution in [0.3, 0.4) is 0 Å². The van der Waals surface area contributed by atoms with Gasteiger partial charge in [0.05, 0.1) is 0 Å². The maximum Gasteiger partial charge on any atom is 0.387 e. The van der Waals surface area contributed by atoms with Gasteiger partial charge in [0.2, 0.25) is 0 Å². The van der Waals surface area contributed by atoms with E-state index in [0.29, 0.717) is 12.0 Å². The number of alkyl halides is 2. The van der Waals surface area contributed by atoms with Gasteiger partial charge in [-0.3, -0.25) is 4.99 Å². The van der Waals surface area contributed by atoms with E-state index in [-0.39, 0.29) is 41.8 Å². The Kier molecular flexibility index (Phi) is 9.64. The lowest BCUT2D eigenvalue weighted by atomic mass is 10.2. The van der Waals surface area contributed by atoms with Crippen LogP contribution >= 0.6 is 35.7 Å². The van der Waals surface area contributed by atoms with Crippen molar-refractivity contribution in [2.75, 3.05) is 18.6 Å². The van der Waals surface area contributed by atoms with E-state index < -0.39 is 12.4 Å². The van der Waals surface area contributed by atoms with E-state index in [1.165, 1.54) is 18.2 Å². The number of halogens is 4. The molecule has 0 amide bonds. The summed E-state index contributed by atoms with van der Waals surface area (Å²) in [6.07, 6.45) is 2.19. The van der Waals surface area contributed by atoms with Gasteiger partial charge >= 0.3 is 6.61 Å². The number of nitrogens with one attached hydrogen (secondary N) is 2. The fourth-order valence-corrected chi connectivity index (χ4v) is 3.40. The molecule has 1 heterocycles. The monoisotopic (exact) mass is 475 g/mol. The highest BCUT2D eigenvalue weighted by molar-refractivity contribution is 14.0. The average molecular weight is 475 g/mol. The Hall–Kier alpha value is -0.840. The summed E-state index contributed by atoms with van der Waals surface area (Å²) < 4.78 is 43.1. The molecule has 0 aliphatic carbocycles. The Bertz CT molecular complexity index is 543. The molecule has 0 aromatic heterocycles. The minimum atomic E-state index is -2.99. The van der Waals surface area contributed by atoms with Gasteiger partial charge in [-0.2, -0.15) is 20.5 Å². The molecule has 0 bridgehead atoms. The number of ether oxygens (including phenoxy) is 1. The van der Waals surface area contributed by atoms with E-state index in [1.807, 2.05) is 11.8 Å². The van der Waals surface area contributed by atoms with Crippen molar-refractivity contribution in [3.8, 4) is 5.75 Å². The highest BCUT2D eigenvalue weighted by Gasteiger charge is 2.17. The third-order valence-corrected chi connectivity index (χ3v) is 4.66. The largest absolute Gasteiger partial charge is 0.434 e. The molecule has 1 saturated heterocycles. The molecule has 1 aliphatic heterocycles. The third-order valence-electron chi connectivity index (χ3n) is 3.45. The maximum absolute atomic E-state index is 13.9. The molecule has 136 valence electrons. The van der Waals surface area contributed by atoms with Crippen LogP contribution in [0.2, 0.25) is 0 Å². The average Bonchev–Trinajstić information content (AvgIpc) is 2.53. The molecule has 24 heavy (non-hydrogen) atoms. The van der Waals surface area contributed by atoms with E-state index in [0.717, 1.165) is 24.3 Å². The molecule has 9 heteroatoms. The number of hydrogen-bond donors (Lipinski definition) is 2. The third kappa shape index (κ3) is 6.58. The van der Waals surface area contributed by atoms with Crippen molar-refractivity contribution < 1.29 is 17.9 Å². The summed E-state index contributed by atoms with van der Waals surface area (Å²) in [6, 6.07) is 4.17. The normalized spacial score (nSPS) is 18.0. The summed E-state index contributed by atoms with van der Waals surface area (Å²) in [4.78, 5) is 4.09. The Labute approximate surface area is 161 Å². The van der Waals surface area contributed by atoms with Crippen LogP contribution < -0.4 is 15.4 Å². The Balaban J connectivity index is 0.00000288. The van der Waals surface area contributed by atoms with Crippen LogP contribution in [0.4, 0.5) is 13.2 Å². The smallest absolute Gasteiger partial charge is 0.387 e. The molecular formula is C15H21F3IN3OS. The lowest BCUT2D eigenvalue weighted by molar-refractivity contribution is -0.0506. The van der Waals surface area contributed by atoms with Crippen LogP contribution in [0.1, 0.15) is 18.4 Å². The van der Waals surface area contributed by atoms with Crippen molar-refractivity contribution >= 4 is 41.7 Å². The summed E-state index contributed by atoms with van der Waals surface area (Å²) in [5.74, 6) is 1.90. The van der Waals surface area contributed by atoms with E-state index in [4.69, 9.17) is 0 Å². The SMILES string of the molecule is CN=C(NCc1c(F)cccc1OC(F)F)NC1CCCSC1.I. The zero-order chi connectivity index (χ0) is 16.7. The van der Waals surface area contributed by atoms with Crippen molar-refractivity contribution in [1.82, 2.24) is 10.6 Å². The van der Waals surface area contributed by atoms with E-state index in [9.17, 15) is 13.2 Å². The van der Waals surface area contributed by atoms with Gasteiger partial charge in [-0.05, 0) is 30.7 Å². The Morgan fingerprint density at radius 3 is 2.88 bits per heavy atom. The number of hydrogen-bond acceptors (Lipinski definition) is 3. The van der Waals surface area contributed by atoms with E-state index in [2.05, 4.69) is 20.4 Å². The van der Waals surface area contributed by atoms with Crippen LogP contribution in [0.5, 0.6) is 5.75 Å². The van der Waals surface area contributed by atoms with E-state index in [1.54, 1.807) is 7.05 Å². The number of guanidine groups is 1. The summed E-state index contributed by atoms with van der Waals surface area (Å²) in [7, 11) is 1.61. The fourth-order valence-electron chi connectivity index (χ4n) is 2.33. The molecule has 1 aliphatic rings. The van der Waals surface area contributed by atoms with Gasteiger partial charge in [0.1, 0.15) is 11.6 Å². The lowest BCUT2D eigenvalue weighted by Crippen LogP contribution is -2.45. The Morgan fingerprint density at radius 1 is 1.46 bits per heavy atom. The minimum absolute atomic E-state index is 0. The number of rotatable bonds is 5. The van der Waals surface area contributed by atoms with Crippen LogP contribution in [-0.2, 0) is 6.54 Å². The summed E-state index contributed by atoms with van der Waals surface area (Å²) in [5.41, 5.74) is 0.0498. The molecule has 0 spiro atoms. The van der Waals surface area contributed by atoms with Gasteiger partial charge in [0.25, 0.3) is 0 Å². The first-order chi connectivity index (χ1) is 11.1. The molecule has 0 radical (unpaired) electrons. The van der Waals surface area contributed by atoms with Crippen molar-refractivity contribution in [2.45, 2.75) is 32.0 Å². The van der Waals surface area contributed by atoms with Crippen molar-refractivity contribution in [3.05, 3.63) is 29.6 Å². The Morgan fingerprint density at radius 2 is 2.25 bits per heavy atom. The molecular weight excluding hydrogens is 454 g/mol. The molecule has 1 aromatic carbocycles. The quantitative estimate of drug-likeness (QED) is 0.388. The second kappa shape index (κ2) is 10.9. The van der Waals surface area contributed by atoms with Gasteiger partial charge in [-0.1, -0.05) is 6.07 Å². The first-order valence-electron chi connectivity index (χ1n) is 7.37. The number of nitrogens with zero attached hydrogens (tertiary/aromatic N) is 1. The summed E-state index contributed by atoms with van der Waals surface area (Å²) in [5, 5.41) is 6.21. The second-order valence-electron chi connectivity index (χ2n) is 5.08. The van der Waals surface area contributed by atoms with Gasteiger partial charge in [-0.25, -0.2) is 4.39 Å². The topological polar surface area (TPSA) is 45.7 Å². The highest BCUT2D eigenvalue weighted by Crippen LogP contribution is 2.23. The summed E-state index contributed by atoms with van der Waals surface area (Å²) >= 11 is 1.87. The van der Waals surface area contributed by atoms with Gasteiger partial charge in [0, 0.05) is 31.0 Å². The highest BCUT2D eigenvalue weighted by atomic mass is 127. The first kappa shape index (κ1) is 21.2. The van der Waals surface area contributed by atoms with Crippen LogP contribution in [-0.4, -0.2) is 37.2 Å². The lowest BCUT2D eigenvalue weighted by Gasteiger charge is -2.24. The zero-order valence-corrected chi connectivity index (χ0v) is 16.4. The van der Waals surface area contributed by atoms with Crippen molar-refractivity contribution in [3.63, 3.8) is 0 Å². The molecule has 1 atom stereocenters. The number of benzene rings is 1. The number of thioether (sulfide) groups is 1. The molecule has 2 rings (SSSR count). The molecule has 1 unspecified atom stereocenters. The predicted molar refractivity (Wildman–Crippen MR) is 102 cm³/mol. The van der Waals surface area contributed by atoms with Gasteiger partial charge in [-0.15, -0.1) is 24.0 Å². The standard InChI is InChI=1S/C15H20F3N3OS.HI/c1-19-15(21-10-4-3-7-23-9-10)20-8-11-12(16)5-2-6-13(11)22-14(17)18;/h2,5-6,10,14H,3-4,7-9H2,1H3,(H2,19,20,21);1H. The zero-order valence-electron chi connectivity index (χ0n) is 13.2. The molecule has 1 aromatic rings. The first-order valence-corrected chi connectivity index (χ1v) is 8.52. The predicted octanol–water partition coefficient (Wildman–Crippen LogP) is 3.61. The number of aliphatic imine (C=N–C) groups is 1. The molecule has 4 nitrogen and oxygen atoms in total. The van der Waals surface area contributed by atoms with Crippen LogP contribution in [0, 0.1) is 5.82 Å². The van der Waals surface area contributed by atoms with Crippen LogP contribution in [0.25, 0.3) is 0 Å². The van der Waals surface area contributed by atoms with E-state index >= 15 is 0 Å². The summed E-state index contributed by atoms with van der Waals surface area (Å²) in [6.45, 7) is -2.99. The van der Waals surface area contributed by atoms with Crippen molar-refractivity contribution in [1.29, 1.82) is 0 Å². The van der Waals surface area contributed by atoms with Crippen LogP contribution in [0.15, 0.2) is 23.2 Å². The maximum atomic E-state index is 13.9.